The number of hydrogen-bond acceptors (Lipinski definition) is 2. The molecule has 1 aromatic carbocycles. The number of unbranched alkanes of at least 4 members (excludes halogenated alkanes) is 1. The van der Waals surface area contributed by atoms with Gasteiger partial charge in [-0.1, -0.05) is 37.6 Å². The van der Waals surface area contributed by atoms with Crippen LogP contribution in [0.3, 0.4) is 0 Å². The molecule has 5 heteroatoms. The first-order chi connectivity index (χ1) is 13.3. The maximum Gasteiger partial charge on any atom is 0.170 e. The summed E-state index contributed by atoms with van der Waals surface area (Å²) in [6, 6.07) is 21.0. The molecule has 0 aliphatic carbocycles. The predicted octanol–water partition coefficient (Wildman–Crippen LogP) is 4.64. The summed E-state index contributed by atoms with van der Waals surface area (Å²) in [7, 11) is 0. The monoisotopic (exact) mass is 376 g/mol. The highest BCUT2D eigenvalue weighted by atomic mass is 32.1. The van der Waals surface area contributed by atoms with E-state index in [9.17, 15) is 0 Å². The van der Waals surface area contributed by atoms with E-state index in [1.807, 2.05) is 24.4 Å². The van der Waals surface area contributed by atoms with Crippen LogP contribution >= 0.6 is 12.2 Å². The molecule has 3 heterocycles. The fraction of sp³-hybridized carbons (Fsp3) is 0.273. The molecule has 4 rings (SSSR count). The number of nitrogens with zero attached hydrogens (tertiary/aromatic N) is 3. The number of benzene rings is 1. The Hall–Kier alpha value is -2.66. The van der Waals surface area contributed by atoms with Crippen LogP contribution in [0.25, 0.3) is 5.69 Å². The van der Waals surface area contributed by atoms with Crippen LogP contribution in [-0.4, -0.2) is 26.1 Å². The van der Waals surface area contributed by atoms with Gasteiger partial charge in [0, 0.05) is 30.3 Å². The predicted molar refractivity (Wildman–Crippen MR) is 113 cm³/mol. The van der Waals surface area contributed by atoms with Crippen molar-refractivity contribution in [2.45, 2.75) is 31.8 Å². The minimum absolute atomic E-state index is 0.0351. The van der Waals surface area contributed by atoms with Crippen molar-refractivity contribution in [3.8, 4) is 5.69 Å². The number of para-hydroxylation sites is 1. The highest BCUT2D eigenvalue weighted by Crippen LogP contribution is 2.39. The smallest absolute Gasteiger partial charge is 0.170 e. The molecule has 2 aromatic heterocycles. The standard InChI is InChI=1S/C22H24N4S/c1-2-3-15-26-21(20(24-22(26)27)18-12-7-8-14-23-18)19-13-9-16-25(19)17-10-5-4-6-11-17/h4-14,16,20-21H,2-3,15H2,1H3,(H,24,27)/t20-,21-/m1/s1. The quantitative estimate of drug-likeness (QED) is 0.635. The van der Waals surface area contributed by atoms with Crippen LogP contribution in [0.5, 0.6) is 0 Å². The van der Waals surface area contributed by atoms with E-state index in [2.05, 4.69) is 75.4 Å². The summed E-state index contributed by atoms with van der Waals surface area (Å²) in [6.45, 7) is 3.15. The molecular weight excluding hydrogens is 352 g/mol. The normalized spacial score (nSPS) is 19.3. The van der Waals surface area contributed by atoms with E-state index in [1.165, 1.54) is 5.69 Å². The third-order valence-electron chi connectivity index (χ3n) is 5.07. The van der Waals surface area contributed by atoms with E-state index >= 15 is 0 Å². The lowest BCUT2D eigenvalue weighted by Gasteiger charge is -2.29. The number of rotatable bonds is 6. The molecule has 0 amide bonds. The summed E-state index contributed by atoms with van der Waals surface area (Å²) in [6.07, 6.45) is 6.22. The zero-order chi connectivity index (χ0) is 18.6. The van der Waals surface area contributed by atoms with Crippen LogP contribution in [0.2, 0.25) is 0 Å². The number of thiocarbonyl (C=S) groups is 1. The summed E-state index contributed by atoms with van der Waals surface area (Å²) in [4.78, 5) is 6.94. The first-order valence-electron chi connectivity index (χ1n) is 9.50. The van der Waals surface area contributed by atoms with Crippen LogP contribution < -0.4 is 5.32 Å². The summed E-state index contributed by atoms with van der Waals surface area (Å²) in [5.74, 6) is 0. The van der Waals surface area contributed by atoms with Gasteiger partial charge in [0.15, 0.2) is 5.11 Å². The Bertz CT molecular complexity index is 891. The van der Waals surface area contributed by atoms with Gasteiger partial charge in [-0.05, 0) is 55.0 Å². The van der Waals surface area contributed by atoms with E-state index in [-0.39, 0.29) is 12.1 Å². The second kappa shape index (κ2) is 7.92. The van der Waals surface area contributed by atoms with Crippen molar-refractivity contribution in [2.24, 2.45) is 0 Å². The fourth-order valence-electron chi connectivity index (χ4n) is 3.76. The Balaban J connectivity index is 1.78. The average Bonchev–Trinajstić information content (AvgIpc) is 3.32. The largest absolute Gasteiger partial charge is 0.352 e. The molecule has 138 valence electrons. The van der Waals surface area contributed by atoms with Gasteiger partial charge in [0.05, 0.1) is 17.8 Å². The molecule has 1 aliphatic heterocycles. The molecular formula is C22H24N4S. The Labute approximate surface area is 165 Å². The molecule has 4 nitrogen and oxygen atoms in total. The van der Waals surface area contributed by atoms with Crippen LogP contribution in [0.1, 0.15) is 43.2 Å². The Morgan fingerprint density at radius 3 is 2.59 bits per heavy atom. The summed E-state index contributed by atoms with van der Waals surface area (Å²) in [5, 5.41) is 4.34. The van der Waals surface area contributed by atoms with Gasteiger partial charge >= 0.3 is 0 Å². The van der Waals surface area contributed by atoms with Gasteiger partial charge in [-0.25, -0.2) is 0 Å². The Morgan fingerprint density at radius 1 is 1.04 bits per heavy atom. The van der Waals surface area contributed by atoms with Crippen molar-refractivity contribution in [3.05, 3.63) is 84.4 Å². The van der Waals surface area contributed by atoms with E-state index in [0.29, 0.717) is 0 Å². The van der Waals surface area contributed by atoms with Gasteiger partial charge in [0.25, 0.3) is 0 Å². The van der Waals surface area contributed by atoms with E-state index in [1.54, 1.807) is 0 Å². The van der Waals surface area contributed by atoms with Crippen LogP contribution in [-0.2, 0) is 0 Å². The zero-order valence-corrected chi connectivity index (χ0v) is 16.3. The van der Waals surface area contributed by atoms with Gasteiger partial charge in [0.1, 0.15) is 0 Å². The van der Waals surface area contributed by atoms with Gasteiger partial charge in [-0.2, -0.15) is 0 Å². The topological polar surface area (TPSA) is 33.1 Å². The first-order valence-corrected chi connectivity index (χ1v) is 9.91. The molecule has 0 bridgehead atoms. The maximum atomic E-state index is 5.72. The van der Waals surface area contributed by atoms with E-state index in [0.717, 1.165) is 35.9 Å². The van der Waals surface area contributed by atoms with Crippen LogP contribution in [0.15, 0.2) is 73.1 Å². The lowest BCUT2D eigenvalue weighted by molar-refractivity contribution is 0.304. The van der Waals surface area contributed by atoms with Crippen molar-refractivity contribution < 1.29 is 0 Å². The van der Waals surface area contributed by atoms with Gasteiger partial charge in [-0.15, -0.1) is 0 Å². The summed E-state index contributed by atoms with van der Waals surface area (Å²) >= 11 is 5.72. The maximum absolute atomic E-state index is 5.72. The van der Waals surface area contributed by atoms with Crippen LogP contribution in [0, 0.1) is 0 Å². The zero-order valence-electron chi connectivity index (χ0n) is 15.5. The molecule has 1 saturated heterocycles. The van der Waals surface area contributed by atoms with Gasteiger partial charge < -0.3 is 14.8 Å². The second-order valence-electron chi connectivity index (χ2n) is 6.81. The molecule has 0 radical (unpaired) electrons. The molecule has 1 N–H and O–H groups in total. The third kappa shape index (κ3) is 3.47. The molecule has 0 saturated carbocycles. The van der Waals surface area contributed by atoms with Gasteiger partial charge in [-0.3, -0.25) is 4.98 Å². The minimum atomic E-state index is 0.0351. The lowest BCUT2D eigenvalue weighted by atomic mass is 10.0. The average molecular weight is 377 g/mol. The third-order valence-corrected chi connectivity index (χ3v) is 5.42. The molecule has 0 unspecified atom stereocenters. The Kier molecular flexibility index (Phi) is 5.21. The van der Waals surface area contributed by atoms with E-state index < -0.39 is 0 Å². The molecule has 2 atom stereocenters. The highest BCUT2D eigenvalue weighted by molar-refractivity contribution is 7.80. The number of hydrogen-bond donors (Lipinski definition) is 1. The number of pyridine rings is 1. The van der Waals surface area contributed by atoms with Crippen LogP contribution in [0.4, 0.5) is 0 Å². The lowest BCUT2D eigenvalue weighted by Crippen LogP contribution is -2.31. The number of nitrogens with one attached hydrogen (secondary N) is 1. The second-order valence-corrected chi connectivity index (χ2v) is 7.20. The molecule has 27 heavy (non-hydrogen) atoms. The highest BCUT2D eigenvalue weighted by Gasteiger charge is 2.40. The fourth-order valence-corrected chi connectivity index (χ4v) is 4.09. The molecule has 3 aromatic rings. The van der Waals surface area contributed by atoms with Crippen molar-refractivity contribution in [2.75, 3.05) is 6.54 Å². The van der Waals surface area contributed by atoms with Crippen molar-refractivity contribution in [3.63, 3.8) is 0 Å². The first kappa shape index (κ1) is 17.7. The number of aromatic nitrogens is 2. The van der Waals surface area contributed by atoms with Gasteiger partial charge in [0.2, 0.25) is 0 Å². The summed E-state index contributed by atoms with van der Waals surface area (Å²) < 4.78 is 2.26. The van der Waals surface area contributed by atoms with E-state index in [4.69, 9.17) is 12.2 Å². The minimum Gasteiger partial charge on any atom is -0.352 e. The Morgan fingerprint density at radius 2 is 1.85 bits per heavy atom. The molecule has 0 spiro atoms. The van der Waals surface area contributed by atoms with Crippen molar-refractivity contribution >= 4 is 17.3 Å². The molecule has 1 aliphatic rings. The molecule has 1 fully saturated rings. The van der Waals surface area contributed by atoms with Crippen molar-refractivity contribution in [1.29, 1.82) is 0 Å². The SMILES string of the molecule is CCCCN1C(=S)N[C@H](c2ccccn2)[C@H]1c1cccn1-c1ccccc1. The summed E-state index contributed by atoms with van der Waals surface area (Å²) in [5.41, 5.74) is 3.40. The van der Waals surface area contributed by atoms with Crippen molar-refractivity contribution in [1.82, 2.24) is 19.8 Å².